The molecule has 5 heteroatoms. The van der Waals surface area contributed by atoms with Crippen molar-refractivity contribution >= 4 is 12.1 Å². The number of nitrogens with one attached hydrogen (secondary N) is 1. The van der Waals surface area contributed by atoms with Gasteiger partial charge >= 0.3 is 0 Å². The number of rotatable bonds is 5. The number of fused-ring (bicyclic) bond motifs is 1. The summed E-state index contributed by atoms with van der Waals surface area (Å²) in [5, 5.41) is 13.2. The normalized spacial score (nSPS) is 19.4. The summed E-state index contributed by atoms with van der Waals surface area (Å²) in [6.07, 6.45) is 0.500. The van der Waals surface area contributed by atoms with E-state index in [0.29, 0.717) is 12.1 Å². The zero-order chi connectivity index (χ0) is 15.5. The number of aliphatic hydroxyl groups is 1. The van der Waals surface area contributed by atoms with Gasteiger partial charge in [0.2, 0.25) is 0 Å². The van der Waals surface area contributed by atoms with Crippen LogP contribution >= 0.6 is 0 Å². The number of aliphatic imine (C=N–C) groups is 1. The molecule has 2 atom stereocenters. The molecule has 1 aliphatic rings. The van der Waals surface area contributed by atoms with E-state index in [2.05, 4.69) is 10.3 Å². The second kappa shape index (κ2) is 6.47. The van der Waals surface area contributed by atoms with E-state index < -0.39 is 6.10 Å². The second-order valence-electron chi connectivity index (χ2n) is 6.21. The highest BCUT2D eigenvalue weighted by atomic mass is 16.5. The van der Waals surface area contributed by atoms with Gasteiger partial charge in [-0.1, -0.05) is 18.2 Å². The van der Waals surface area contributed by atoms with Gasteiger partial charge in [-0.2, -0.15) is 0 Å². The summed E-state index contributed by atoms with van der Waals surface area (Å²) in [5.74, 6) is -0.250. The lowest BCUT2D eigenvalue weighted by molar-refractivity contribution is 0.0153. The average molecular weight is 290 g/mol. The molecular weight excluding hydrogens is 268 g/mol. The fourth-order valence-corrected chi connectivity index (χ4v) is 2.06. The van der Waals surface area contributed by atoms with Crippen molar-refractivity contribution in [2.75, 3.05) is 13.2 Å². The number of ether oxygens (including phenoxy) is 1. The van der Waals surface area contributed by atoms with Crippen molar-refractivity contribution in [3.05, 3.63) is 35.4 Å². The molecule has 0 saturated heterocycles. The Morgan fingerprint density at radius 2 is 2.10 bits per heavy atom. The molecule has 0 bridgehead atoms. The Balaban J connectivity index is 1.92. The van der Waals surface area contributed by atoms with Crippen LogP contribution in [0, 0.1) is 0 Å². The van der Waals surface area contributed by atoms with E-state index in [-0.39, 0.29) is 24.2 Å². The molecule has 0 saturated carbocycles. The minimum Gasteiger partial charge on any atom is -0.389 e. The highest BCUT2D eigenvalue weighted by molar-refractivity contribution is 6.04. The summed E-state index contributed by atoms with van der Waals surface area (Å²) in [7, 11) is 0. The lowest BCUT2D eigenvalue weighted by Gasteiger charge is -2.24. The van der Waals surface area contributed by atoms with Crippen molar-refractivity contribution in [2.45, 2.75) is 38.5 Å². The molecule has 1 aromatic carbocycles. The summed E-state index contributed by atoms with van der Waals surface area (Å²) in [6, 6.07) is 7.25. The number of β-amino-alcohol motifs (C(OH)–C–C–N with tert-alkyl or cyclic N) is 1. The topological polar surface area (TPSA) is 70.9 Å². The molecular formula is C16H22N2O3. The quantitative estimate of drug-likeness (QED) is 0.866. The summed E-state index contributed by atoms with van der Waals surface area (Å²) in [5.41, 5.74) is 1.31. The SMILES string of the molecule is CC(C)(C)NCC(O)COC1C=NC(=O)c2ccccc21. The second-order valence-corrected chi connectivity index (χ2v) is 6.21. The van der Waals surface area contributed by atoms with E-state index in [1.807, 2.05) is 32.9 Å². The summed E-state index contributed by atoms with van der Waals surface area (Å²) in [4.78, 5) is 15.5. The molecule has 1 aromatic rings. The van der Waals surface area contributed by atoms with Crippen LogP contribution in [0.5, 0.6) is 0 Å². The first-order valence-electron chi connectivity index (χ1n) is 7.09. The summed E-state index contributed by atoms with van der Waals surface area (Å²) < 4.78 is 5.69. The maximum Gasteiger partial charge on any atom is 0.277 e. The van der Waals surface area contributed by atoms with Gasteiger partial charge in [-0.05, 0) is 32.4 Å². The minimum absolute atomic E-state index is 0.0493. The summed E-state index contributed by atoms with van der Waals surface area (Å²) >= 11 is 0. The van der Waals surface area contributed by atoms with E-state index in [0.717, 1.165) is 5.56 Å². The van der Waals surface area contributed by atoms with E-state index in [1.54, 1.807) is 12.1 Å². The Hall–Kier alpha value is -1.56. The number of aliphatic hydroxyl groups excluding tert-OH is 1. The van der Waals surface area contributed by atoms with Crippen molar-refractivity contribution in [1.82, 2.24) is 5.32 Å². The van der Waals surface area contributed by atoms with Gasteiger partial charge < -0.3 is 15.2 Å². The van der Waals surface area contributed by atoms with E-state index >= 15 is 0 Å². The first-order valence-corrected chi connectivity index (χ1v) is 7.09. The summed E-state index contributed by atoms with van der Waals surface area (Å²) in [6.45, 7) is 6.75. The van der Waals surface area contributed by atoms with Gasteiger partial charge in [0.15, 0.2) is 0 Å². The molecule has 0 spiro atoms. The van der Waals surface area contributed by atoms with E-state index in [1.165, 1.54) is 6.21 Å². The Kier molecular flexibility index (Phi) is 4.88. The number of hydrogen-bond acceptors (Lipinski definition) is 4. The molecule has 2 N–H and O–H groups in total. The first-order chi connectivity index (χ1) is 9.87. The molecule has 5 nitrogen and oxygen atoms in total. The van der Waals surface area contributed by atoms with Gasteiger partial charge in [-0.3, -0.25) is 4.79 Å². The standard InChI is InChI=1S/C16H22N2O3/c1-16(2,3)18-8-11(19)10-21-14-9-17-15(20)13-7-5-4-6-12(13)14/h4-7,9,11,14,18-19H,8,10H2,1-3H3. The minimum atomic E-state index is -0.609. The smallest absolute Gasteiger partial charge is 0.277 e. The van der Waals surface area contributed by atoms with Gasteiger partial charge in [0.05, 0.1) is 12.7 Å². The predicted molar refractivity (Wildman–Crippen MR) is 81.7 cm³/mol. The van der Waals surface area contributed by atoms with Crippen LogP contribution in [0.15, 0.2) is 29.3 Å². The number of nitrogens with zero attached hydrogens (tertiary/aromatic N) is 1. The molecule has 2 unspecified atom stereocenters. The highest BCUT2D eigenvalue weighted by Gasteiger charge is 2.23. The highest BCUT2D eigenvalue weighted by Crippen LogP contribution is 2.24. The van der Waals surface area contributed by atoms with Crippen LogP contribution in [0.3, 0.4) is 0 Å². The third-order valence-corrected chi connectivity index (χ3v) is 3.16. The van der Waals surface area contributed by atoms with Crippen LogP contribution in [-0.4, -0.2) is 42.0 Å². The zero-order valence-corrected chi connectivity index (χ0v) is 12.7. The van der Waals surface area contributed by atoms with Crippen LogP contribution in [0.2, 0.25) is 0 Å². The van der Waals surface area contributed by atoms with Crippen LogP contribution < -0.4 is 5.32 Å². The third-order valence-electron chi connectivity index (χ3n) is 3.16. The van der Waals surface area contributed by atoms with Gasteiger partial charge in [-0.15, -0.1) is 0 Å². The average Bonchev–Trinajstić information content (AvgIpc) is 2.44. The van der Waals surface area contributed by atoms with Crippen molar-refractivity contribution in [1.29, 1.82) is 0 Å². The predicted octanol–water partition coefficient (Wildman–Crippen LogP) is 1.72. The Morgan fingerprint density at radius 3 is 2.81 bits per heavy atom. The molecule has 0 aliphatic carbocycles. The van der Waals surface area contributed by atoms with Crippen molar-refractivity contribution < 1.29 is 14.6 Å². The lowest BCUT2D eigenvalue weighted by Crippen LogP contribution is -2.42. The Bertz CT molecular complexity index is 535. The van der Waals surface area contributed by atoms with Crippen LogP contribution in [0.1, 0.15) is 42.8 Å². The molecule has 1 heterocycles. The molecule has 1 amide bonds. The van der Waals surface area contributed by atoms with E-state index in [9.17, 15) is 9.90 Å². The number of benzene rings is 1. The third kappa shape index (κ3) is 4.46. The first kappa shape index (κ1) is 15.8. The number of carbonyl (C=O) groups is 1. The lowest BCUT2D eigenvalue weighted by atomic mass is 10.00. The van der Waals surface area contributed by atoms with Crippen molar-refractivity contribution in [3.8, 4) is 0 Å². The van der Waals surface area contributed by atoms with Gasteiger partial charge in [0, 0.05) is 23.9 Å². The molecule has 21 heavy (non-hydrogen) atoms. The molecule has 0 fully saturated rings. The molecule has 0 aromatic heterocycles. The Labute approximate surface area is 125 Å². The van der Waals surface area contributed by atoms with Gasteiger partial charge in [0.1, 0.15) is 6.10 Å². The molecule has 0 radical (unpaired) electrons. The molecule has 1 aliphatic heterocycles. The number of hydrogen-bond donors (Lipinski definition) is 2. The zero-order valence-electron chi connectivity index (χ0n) is 12.7. The maximum absolute atomic E-state index is 11.7. The van der Waals surface area contributed by atoms with Crippen molar-refractivity contribution in [3.63, 3.8) is 0 Å². The fraction of sp³-hybridized carbons (Fsp3) is 0.500. The van der Waals surface area contributed by atoms with E-state index in [4.69, 9.17) is 4.74 Å². The Morgan fingerprint density at radius 1 is 1.38 bits per heavy atom. The fourth-order valence-electron chi connectivity index (χ4n) is 2.06. The molecule has 2 rings (SSSR count). The van der Waals surface area contributed by atoms with Crippen LogP contribution in [0.4, 0.5) is 0 Å². The largest absolute Gasteiger partial charge is 0.389 e. The number of carbonyl (C=O) groups excluding carboxylic acids is 1. The number of amides is 1. The maximum atomic E-state index is 11.7. The van der Waals surface area contributed by atoms with Gasteiger partial charge in [0.25, 0.3) is 5.91 Å². The van der Waals surface area contributed by atoms with Crippen LogP contribution in [0.25, 0.3) is 0 Å². The van der Waals surface area contributed by atoms with Crippen LogP contribution in [-0.2, 0) is 4.74 Å². The van der Waals surface area contributed by atoms with Gasteiger partial charge in [-0.25, -0.2) is 4.99 Å². The monoisotopic (exact) mass is 290 g/mol. The van der Waals surface area contributed by atoms with Crippen molar-refractivity contribution in [2.24, 2.45) is 4.99 Å². The molecule has 114 valence electrons.